The second-order valence-corrected chi connectivity index (χ2v) is 6.37. The molecule has 2 N–H and O–H groups in total. The van der Waals surface area contributed by atoms with Crippen LogP contribution in [0.3, 0.4) is 0 Å². The number of aromatic hydroxyl groups is 1. The predicted molar refractivity (Wildman–Crippen MR) is 81.6 cm³/mol. The number of nitrogens with zero attached hydrogens (tertiary/aromatic N) is 1. The Labute approximate surface area is 128 Å². The van der Waals surface area contributed by atoms with Crippen LogP contribution in [-0.4, -0.2) is 44.2 Å². The zero-order valence-corrected chi connectivity index (χ0v) is 12.9. The molecule has 0 aromatic heterocycles. The van der Waals surface area contributed by atoms with Crippen LogP contribution in [0.4, 0.5) is 0 Å². The van der Waals surface area contributed by atoms with E-state index < -0.39 is 17.9 Å². The monoisotopic (exact) mass is 309 g/mol. The summed E-state index contributed by atoms with van der Waals surface area (Å²) < 4.78 is 0. The molecule has 2 unspecified atom stereocenters. The first-order chi connectivity index (χ1) is 9.95. The Balaban J connectivity index is 2.34. The van der Waals surface area contributed by atoms with E-state index in [1.165, 1.54) is 22.7 Å². The molecule has 1 fully saturated rings. The van der Waals surface area contributed by atoms with Gasteiger partial charge in [-0.25, -0.2) is 4.79 Å². The molecule has 1 aliphatic heterocycles. The Morgan fingerprint density at radius 3 is 2.71 bits per heavy atom. The van der Waals surface area contributed by atoms with Crippen molar-refractivity contribution in [2.75, 3.05) is 5.75 Å². The number of carbonyl (C=O) groups is 2. The number of phenols is 1. The smallest absolute Gasteiger partial charge is 0.327 e. The summed E-state index contributed by atoms with van der Waals surface area (Å²) in [7, 11) is 0. The van der Waals surface area contributed by atoms with Crippen molar-refractivity contribution in [3.05, 3.63) is 29.3 Å². The highest BCUT2D eigenvalue weighted by Crippen LogP contribution is 2.35. The Bertz CT molecular complexity index is 561. The lowest BCUT2D eigenvalue weighted by Crippen LogP contribution is -2.45. The summed E-state index contributed by atoms with van der Waals surface area (Å²) in [6, 6.07) is 3.97. The van der Waals surface area contributed by atoms with Crippen LogP contribution in [0, 0.1) is 6.92 Å². The molecule has 21 heavy (non-hydrogen) atoms. The third kappa shape index (κ3) is 3.15. The van der Waals surface area contributed by atoms with Gasteiger partial charge in [-0.15, -0.1) is 11.8 Å². The summed E-state index contributed by atoms with van der Waals surface area (Å²) in [6.45, 7) is 3.82. The minimum Gasteiger partial charge on any atom is -0.507 e. The van der Waals surface area contributed by atoms with E-state index in [1.54, 1.807) is 12.1 Å². The number of benzene rings is 1. The lowest BCUT2D eigenvalue weighted by molar-refractivity contribution is -0.141. The lowest BCUT2D eigenvalue weighted by atomic mass is 10.1. The Morgan fingerprint density at radius 2 is 2.14 bits per heavy atom. The van der Waals surface area contributed by atoms with Crippen LogP contribution in [0.25, 0.3) is 0 Å². The Kier molecular flexibility index (Phi) is 4.77. The van der Waals surface area contributed by atoms with Gasteiger partial charge in [0.2, 0.25) is 0 Å². The van der Waals surface area contributed by atoms with Crippen molar-refractivity contribution in [3.63, 3.8) is 0 Å². The highest BCUT2D eigenvalue weighted by Gasteiger charge is 2.41. The number of thioether (sulfide) groups is 1. The average Bonchev–Trinajstić information content (AvgIpc) is 2.82. The molecular weight excluding hydrogens is 290 g/mol. The molecule has 2 rings (SSSR count). The fourth-order valence-electron chi connectivity index (χ4n) is 2.46. The van der Waals surface area contributed by atoms with Crippen LogP contribution >= 0.6 is 11.8 Å². The topological polar surface area (TPSA) is 77.8 Å². The molecule has 6 heteroatoms. The molecule has 1 amide bonds. The van der Waals surface area contributed by atoms with Crippen molar-refractivity contribution in [2.24, 2.45) is 0 Å². The Hall–Kier alpha value is -1.69. The largest absolute Gasteiger partial charge is 0.507 e. The van der Waals surface area contributed by atoms with Gasteiger partial charge in [-0.1, -0.05) is 19.4 Å². The number of hydrogen-bond acceptors (Lipinski definition) is 4. The molecule has 0 spiro atoms. The molecule has 0 radical (unpaired) electrons. The van der Waals surface area contributed by atoms with Crippen molar-refractivity contribution in [2.45, 2.75) is 38.1 Å². The number of carbonyl (C=O) groups excluding carboxylic acids is 1. The quantitative estimate of drug-likeness (QED) is 0.893. The number of rotatable bonds is 4. The van der Waals surface area contributed by atoms with Gasteiger partial charge in [-0.05, 0) is 31.0 Å². The second kappa shape index (κ2) is 6.39. The van der Waals surface area contributed by atoms with Gasteiger partial charge in [0.1, 0.15) is 11.8 Å². The molecule has 1 aromatic rings. The van der Waals surface area contributed by atoms with Crippen LogP contribution < -0.4 is 0 Å². The third-order valence-electron chi connectivity index (χ3n) is 3.53. The SMILES string of the molecule is CCCC1SCC(C(=O)O)N1C(=O)c1ccc(C)cc1O. The standard InChI is InChI=1S/C15H19NO4S/c1-3-4-13-16(11(8-21-13)15(19)20)14(18)10-6-5-9(2)7-12(10)17/h5-7,11,13,17H,3-4,8H2,1-2H3,(H,19,20). The normalized spacial score (nSPS) is 21.5. The summed E-state index contributed by atoms with van der Waals surface area (Å²) in [4.78, 5) is 25.4. The van der Waals surface area contributed by atoms with Gasteiger partial charge in [-0.2, -0.15) is 0 Å². The van der Waals surface area contributed by atoms with E-state index in [9.17, 15) is 19.8 Å². The number of aliphatic carboxylic acids is 1. The van der Waals surface area contributed by atoms with Crippen LogP contribution in [0.2, 0.25) is 0 Å². The van der Waals surface area contributed by atoms with Crippen molar-refractivity contribution in [3.8, 4) is 5.75 Å². The summed E-state index contributed by atoms with van der Waals surface area (Å²) in [5.41, 5.74) is 1.01. The van der Waals surface area contributed by atoms with Gasteiger partial charge in [0.05, 0.1) is 10.9 Å². The summed E-state index contributed by atoms with van der Waals surface area (Å²) in [5, 5.41) is 19.1. The summed E-state index contributed by atoms with van der Waals surface area (Å²) in [6.07, 6.45) is 1.61. The van der Waals surface area contributed by atoms with Crippen LogP contribution in [0.5, 0.6) is 5.75 Å². The number of phenolic OH excluding ortho intramolecular Hbond substituents is 1. The van der Waals surface area contributed by atoms with Crippen LogP contribution in [0.15, 0.2) is 18.2 Å². The molecule has 0 bridgehead atoms. The zero-order valence-electron chi connectivity index (χ0n) is 12.1. The fraction of sp³-hybridized carbons (Fsp3) is 0.467. The van der Waals surface area contributed by atoms with E-state index in [0.29, 0.717) is 5.75 Å². The van der Waals surface area contributed by atoms with Gasteiger partial charge in [0, 0.05) is 5.75 Å². The number of carboxylic acid groups (broad SMARTS) is 1. The molecule has 1 aliphatic rings. The maximum atomic E-state index is 12.7. The molecule has 1 saturated heterocycles. The molecule has 1 heterocycles. The summed E-state index contributed by atoms with van der Waals surface area (Å²) >= 11 is 1.49. The van der Waals surface area contributed by atoms with Crippen molar-refractivity contribution >= 4 is 23.6 Å². The van der Waals surface area contributed by atoms with E-state index in [0.717, 1.165) is 18.4 Å². The second-order valence-electron chi connectivity index (χ2n) is 5.16. The van der Waals surface area contributed by atoms with Crippen LogP contribution in [0.1, 0.15) is 35.7 Å². The molecule has 0 aliphatic carbocycles. The molecular formula is C15H19NO4S. The van der Waals surface area contributed by atoms with Crippen molar-refractivity contribution in [1.29, 1.82) is 0 Å². The maximum absolute atomic E-state index is 12.7. The van der Waals surface area contributed by atoms with E-state index in [2.05, 4.69) is 0 Å². The zero-order chi connectivity index (χ0) is 15.6. The number of amides is 1. The first kappa shape index (κ1) is 15.7. The predicted octanol–water partition coefficient (Wildman–Crippen LogP) is 2.47. The first-order valence-electron chi connectivity index (χ1n) is 6.92. The van der Waals surface area contributed by atoms with E-state index in [1.807, 2.05) is 13.8 Å². The molecule has 2 atom stereocenters. The van der Waals surface area contributed by atoms with Gasteiger partial charge >= 0.3 is 5.97 Å². The average molecular weight is 309 g/mol. The van der Waals surface area contributed by atoms with Gasteiger partial charge in [-0.3, -0.25) is 4.79 Å². The van der Waals surface area contributed by atoms with Crippen molar-refractivity contribution in [1.82, 2.24) is 4.90 Å². The van der Waals surface area contributed by atoms with E-state index in [4.69, 9.17) is 0 Å². The number of hydrogen-bond donors (Lipinski definition) is 2. The highest BCUT2D eigenvalue weighted by molar-refractivity contribution is 8.00. The molecule has 1 aromatic carbocycles. The van der Waals surface area contributed by atoms with Gasteiger partial charge in [0.25, 0.3) is 5.91 Å². The van der Waals surface area contributed by atoms with E-state index >= 15 is 0 Å². The number of carboxylic acids is 1. The highest BCUT2D eigenvalue weighted by atomic mass is 32.2. The van der Waals surface area contributed by atoms with Gasteiger partial charge < -0.3 is 15.1 Å². The lowest BCUT2D eigenvalue weighted by Gasteiger charge is -2.27. The van der Waals surface area contributed by atoms with Crippen molar-refractivity contribution < 1.29 is 19.8 Å². The van der Waals surface area contributed by atoms with Gasteiger partial charge in [0.15, 0.2) is 0 Å². The number of aryl methyl sites for hydroxylation is 1. The molecule has 0 saturated carbocycles. The maximum Gasteiger partial charge on any atom is 0.327 e. The third-order valence-corrected chi connectivity index (χ3v) is 4.89. The molecule has 114 valence electrons. The minimum atomic E-state index is -0.999. The fourth-order valence-corrected chi connectivity index (χ4v) is 3.97. The minimum absolute atomic E-state index is 0.101. The van der Waals surface area contributed by atoms with E-state index in [-0.39, 0.29) is 16.7 Å². The van der Waals surface area contributed by atoms with Crippen LogP contribution in [-0.2, 0) is 4.79 Å². The summed E-state index contributed by atoms with van der Waals surface area (Å²) in [5.74, 6) is -1.13. The molecule has 5 nitrogen and oxygen atoms in total. The Morgan fingerprint density at radius 1 is 1.43 bits per heavy atom. The first-order valence-corrected chi connectivity index (χ1v) is 7.97.